The molecule has 4 amide bonds. The molecule has 0 radical (unpaired) electrons. The van der Waals surface area contributed by atoms with E-state index in [0.29, 0.717) is 10.7 Å². The van der Waals surface area contributed by atoms with Crippen LogP contribution in [0.4, 0.5) is 15.5 Å². The van der Waals surface area contributed by atoms with Gasteiger partial charge in [0.2, 0.25) is 0 Å². The second kappa shape index (κ2) is 6.67. The van der Waals surface area contributed by atoms with Crippen LogP contribution in [0.3, 0.4) is 0 Å². The Morgan fingerprint density at radius 1 is 1.22 bits per heavy atom. The molecule has 2 rings (SSSR count). The first-order valence-corrected chi connectivity index (χ1v) is 7.52. The van der Waals surface area contributed by atoms with Gasteiger partial charge < -0.3 is 16.4 Å². The molecule has 5 N–H and O–H groups in total. The van der Waals surface area contributed by atoms with E-state index in [1.165, 1.54) is 11.0 Å². The highest BCUT2D eigenvalue weighted by Gasteiger charge is 2.22. The normalized spacial score (nSPS) is 10.2. The number of nitrogens with one attached hydrogen (secondary N) is 1. The molecule has 0 spiro atoms. The molecule has 1 heterocycles. The Balaban J connectivity index is 2.35. The average Bonchev–Trinajstić information content (AvgIpc) is 2.89. The largest absolute Gasteiger partial charge is 0.366 e. The third kappa shape index (κ3) is 3.79. The van der Waals surface area contributed by atoms with Crippen LogP contribution in [0.2, 0.25) is 5.02 Å². The van der Waals surface area contributed by atoms with Gasteiger partial charge in [-0.1, -0.05) is 17.7 Å². The van der Waals surface area contributed by atoms with Gasteiger partial charge in [0.05, 0.1) is 10.4 Å². The Morgan fingerprint density at radius 3 is 2.48 bits per heavy atom. The van der Waals surface area contributed by atoms with Crippen LogP contribution in [0.25, 0.3) is 0 Å². The van der Waals surface area contributed by atoms with Gasteiger partial charge in [-0.15, -0.1) is 11.3 Å². The number of carbonyl (C=O) groups is 3. The second-order valence-electron chi connectivity index (χ2n) is 4.55. The summed E-state index contributed by atoms with van der Waals surface area (Å²) >= 11 is 6.82. The summed E-state index contributed by atoms with van der Waals surface area (Å²) < 4.78 is 0. The third-order valence-electron chi connectivity index (χ3n) is 2.95. The first kappa shape index (κ1) is 16.8. The fourth-order valence-electron chi connectivity index (χ4n) is 1.85. The maximum absolute atomic E-state index is 12.5. The lowest BCUT2D eigenvalue weighted by molar-refractivity contribution is 0.0995. The first-order chi connectivity index (χ1) is 10.8. The standard InChI is InChI=1S/C14H13ClN4O3S/c1-19(8-4-2-3-7(15)5-8)13(21)10-6-9(11(16)20)12(23-10)18-14(17)22/h2-6H,1H3,(H2,16,20)(H3,17,18,22). The van der Waals surface area contributed by atoms with Gasteiger partial charge in [0.15, 0.2) is 0 Å². The van der Waals surface area contributed by atoms with Crippen LogP contribution in [-0.4, -0.2) is 24.9 Å². The maximum atomic E-state index is 12.5. The molecular weight excluding hydrogens is 340 g/mol. The smallest absolute Gasteiger partial charge is 0.317 e. The Kier molecular flexibility index (Phi) is 4.87. The van der Waals surface area contributed by atoms with Crippen LogP contribution >= 0.6 is 22.9 Å². The third-order valence-corrected chi connectivity index (χ3v) is 4.22. The predicted octanol–water partition coefficient (Wildman–Crippen LogP) is 2.27. The molecule has 0 aliphatic carbocycles. The highest BCUT2D eigenvalue weighted by molar-refractivity contribution is 7.18. The lowest BCUT2D eigenvalue weighted by atomic mass is 10.2. The summed E-state index contributed by atoms with van der Waals surface area (Å²) in [5.41, 5.74) is 10.9. The molecule has 1 aromatic carbocycles. The van der Waals surface area contributed by atoms with Crippen LogP contribution in [0, 0.1) is 0 Å². The summed E-state index contributed by atoms with van der Waals surface area (Å²) in [4.78, 5) is 36.5. The van der Waals surface area contributed by atoms with Gasteiger partial charge in [-0.2, -0.15) is 0 Å². The first-order valence-electron chi connectivity index (χ1n) is 6.33. The van der Waals surface area contributed by atoms with Crippen LogP contribution in [0.1, 0.15) is 20.0 Å². The number of rotatable bonds is 4. The van der Waals surface area contributed by atoms with Gasteiger partial charge in [0.25, 0.3) is 11.8 Å². The molecule has 120 valence electrons. The van der Waals surface area contributed by atoms with Gasteiger partial charge in [0.1, 0.15) is 5.00 Å². The van der Waals surface area contributed by atoms with Crippen molar-refractivity contribution in [1.82, 2.24) is 0 Å². The summed E-state index contributed by atoms with van der Waals surface area (Å²) in [6.07, 6.45) is 0. The predicted molar refractivity (Wildman–Crippen MR) is 90.2 cm³/mol. The SMILES string of the molecule is CN(C(=O)c1cc(C(N)=O)c(NC(N)=O)s1)c1cccc(Cl)c1. The van der Waals surface area contributed by atoms with Crippen LogP contribution in [-0.2, 0) is 0 Å². The molecule has 7 nitrogen and oxygen atoms in total. The Bertz CT molecular complexity index is 790. The monoisotopic (exact) mass is 352 g/mol. The fourth-order valence-corrected chi connectivity index (χ4v) is 3.08. The Hall–Kier alpha value is -2.58. The number of carbonyl (C=O) groups excluding carboxylic acids is 3. The van der Waals surface area contributed by atoms with E-state index in [4.69, 9.17) is 23.1 Å². The molecule has 0 fully saturated rings. The molecule has 0 aliphatic rings. The summed E-state index contributed by atoms with van der Waals surface area (Å²) in [7, 11) is 1.57. The zero-order valence-electron chi connectivity index (χ0n) is 12.0. The van der Waals surface area contributed by atoms with Crippen molar-refractivity contribution in [2.45, 2.75) is 0 Å². The fraction of sp³-hybridized carbons (Fsp3) is 0.0714. The number of nitrogens with zero attached hydrogens (tertiary/aromatic N) is 1. The number of amides is 4. The van der Waals surface area contributed by atoms with Crippen molar-refractivity contribution in [2.24, 2.45) is 11.5 Å². The highest BCUT2D eigenvalue weighted by atomic mass is 35.5. The summed E-state index contributed by atoms with van der Waals surface area (Å²) in [6, 6.07) is 7.22. The van der Waals surface area contributed by atoms with Crippen LogP contribution in [0.5, 0.6) is 0 Å². The number of thiophene rings is 1. The molecule has 0 atom stereocenters. The van der Waals surface area contributed by atoms with Crippen molar-refractivity contribution in [3.8, 4) is 0 Å². The average molecular weight is 353 g/mol. The number of halogens is 1. The van der Waals surface area contributed by atoms with Gasteiger partial charge >= 0.3 is 6.03 Å². The quantitative estimate of drug-likeness (QED) is 0.782. The van der Waals surface area contributed by atoms with Gasteiger partial charge in [-0.25, -0.2) is 4.79 Å². The zero-order valence-corrected chi connectivity index (χ0v) is 13.6. The Labute approximate surface area is 140 Å². The lowest BCUT2D eigenvalue weighted by Gasteiger charge is -2.16. The van der Waals surface area contributed by atoms with E-state index in [-0.39, 0.29) is 21.3 Å². The molecule has 1 aromatic heterocycles. The van der Waals surface area contributed by atoms with Crippen molar-refractivity contribution < 1.29 is 14.4 Å². The lowest BCUT2D eigenvalue weighted by Crippen LogP contribution is -2.25. The van der Waals surface area contributed by atoms with E-state index in [9.17, 15) is 14.4 Å². The molecule has 0 unspecified atom stereocenters. The molecule has 2 aromatic rings. The summed E-state index contributed by atoms with van der Waals surface area (Å²) in [5.74, 6) is -1.15. The number of hydrogen-bond donors (Lipinski definition) is 3. The van der Waals surface area contributed by atoms with Gasteiger partial charge in [0, 0.05) is 17.8 Å². The van der Waals surface area contributed by atoms with Crippen molar-refractivity contribution in [2.75, 3.05) is 17.3 Å². The van der Waals surface area contributed by atoms with E-state index in [0.717, 1.165) is 11.3 Å². The number of anilines is 2. The molecule has 0 saturated carbocycles. The molecule has 0 saturated heterocycles. The topological polar surface area (TPSA) is 119 Å². The van der Waals surface area contributed by atoms with Crippen molar-refractivity contribution >= 4 is 51.5 Å². The van der Waals surface area contributed by atoms with Gasteiger partial charge in [-0.05, 0) is 24.3 Å². The molecular formula is C14H13ClN4O3S. The summed E-state index contributed by atoms with van der Waals surface area (Å²) in [6.45, 7) is 0. The number of hydrogen-bond acceptors (Lipinski definition) is 4. The number of nitrogens with two attached hydrogens (primary N) is 2. The zero-order chi connectivity index (χ0) is 17.1. The van der Waals surface area contributed by atoms with E-state index in [1.54, 1.807) is 31.3 Å². The molecule has 9 heteroatoms. The highest BCUT2D eigenvalue weighted by Crippen LogP contribution is 2.30. The van der Waals surface area contributed by atoms with Crippen molar-refractivity contribution in [3.05, 3.63) is 45.8 Å². The van der Waals surface area contributed by atoms with Crippen LogP contribution in [0.15, 0.2) is 30.3 Å². The molecule has 23 heavy (non-hydrogen) atoms. The summed E-state index contributed by atoms with van der Waals surface area (Å²) in [5, 5.41) is 2.90. The van der Waals surface area contributed by atoms with E-state index >= 15 is 0 Å². The number of benzene rings is 1. The van der Waals surface area contributed by atoms with E-state index < -0.39 is 11.9 Å². The van der Waals surface area contributed by atoms with Crippen LogP contribution < -0.4 is 21.7 Å². The van der Waals surface area contributed by atoms with E-state index in [2.05, 4.69) is 5.32 Å². The minimum atomic E-state index is -0.850. The maximum Gasteiger partial charge on any atom is 0.317 e. The molecule has 0 aliphatic heterocycles. The van der Waals surface area contributed by atoms with E-state index in [1.807, 2.05) is 0 Å². The number of primary amides is 2. The Morgan fingerprint density at radius 2 is 1.91 bits per heavy atom. The van der Waals surface area contributed by atoms with Crippen molar-refractivity contribution in [3.63, 3.8) is 0 Å². The minimum Gasteiger partial charge on any atom is -0.366 e. The second-order valence-corrected chi connectivity index (χ2v) is 6.04. The molecule has 0 bridgehead atoms. The minimum absolute atomic E-state index is 0.0247. The van der Waals surface area contributed by atoms with Crippen molar-refractivity contribution in [1.29, 1.82) is 0 Å². The number of urea groups is 1. The van der Waals surface area contributed by atoms with Gasteiger partial charge in [-0.3, -0.25) is 14.9 Å².